The molecule has 140 valence electrons. The van der Waals surface area contributed by atoms with Gasteiger partial charge in [-0.1, -0.05) is 36.4 Å². The van der Waals surface area contributed by atoms with Crippen molar-refractivity contribution < 1.29 is 4.74 Å². The van der Waals surface area contributed by atoms with Gasteiger partial charge in [-0.15, -0.1) is 0 Å². The van der Waals surface area contributed by atoms with Gasteiger partial charge in [-0.3, -0.25) is 0 Å². The van der Waals surface area contributed by atoms with Gasteiger partial charge in [-0.2, -0.15) is 4.98 Å². The lowest BCUT2D eigenvalue weighted by molar-refractivity contribution is 0.416. The van der Waals surface area contributed by atoms with Crippen molar-refractivity contribution in [2.75, 3.05) is 23.9 Å². The van der Waals surface area contributed by atoms with Crippen molar-refractivity contribution in [3.8, 4) is 5.75 Å². The maximum atomic E-state index is 5.46. The predicted molar refractivity (Wildman–Crippen MR) is 111 cm³/mol. The van der Waals surface area contributed by atoms with Gasteiger partial charge in [-0.25, -0.2) is 4.98 Å². The van der Waals surface area contributed by atoms with E-state index in [1.54, 1.807) is 7.11 Å². The van der Waals surface area contributed by atoms with Crippen molar-refractivity contribution >= 4 is 17.5 Å². The van der Waals surface area contributed by atoms with Gasteiger partial charge in [-0.05, 0) is 44.0 Å². The summed E-state index contributed by atoms with van der Waals surface area (Å²) in [5.41, 5.74) is 4.20. The highest BCUT2D eigenvalue weighted by atomic mass is 16.5. The van der Waals surface area contributed by atoms with Crippen LogP contribution in [0.5, 0.6) is 5.75 Å². The van der Waals surface area contributed by atoms with Gasteiger partial charge in [0, 0.05) is 24.8 Å². The summed E-state index contributed by atoms with van der Waals surface area (Å²) in [5.74, 6) is 2.26. The first-order chi connectivity index (χ1) is 13.1. The first-order valence-electron chi connectivity index (χ1n) is 9.15. The standard InChI is InChI=1S/C22H26N4O/c1-5-26(15-18-9-7-6-8-10-18)22-23-17(3)14-21(25-22)24-19-13-16(2)11-12-20(19)27-4/h6-14H,5,15H2,1-4H3,(H,23,24,25). The number of nitrogens with one attached hydrogen (secondary N) is 1. The minimum Gasteiger partial charge on any atom is -0.495 e. The van der Waals surface area contributed by atoms with E-state index in [-0.39, 0.29) is 0 Å². The monoisotopic (exact) mass is 362 g/mol. The van der Waals surface area contributed by atoms with E-state index in [1.165, 1.54) is 5.56 Å². The lowest BCUT2D eigenvalue weighted by Gasteiger charge is -2.22. The number of anilines is 3. The van der Waals surface area contributed by atoms with E-state index >= 15 is 0 Å². The van der Waals surface area contributed by atoms with E-state index in [1.807, 2.05) is 31.2 Å². The molecule has 1 heterocycles. The molecule has 5 nitrogen and oxygen atoms in total. The number of ether oxygens (including phenoxy) is 1. The zero-order valence-electron chi connectivity index (χ0n) is 16.4. The molecule has 0 aliphatic carbocycles. The lowest BCUT2D eigenvalue weighted by Crippen LogP contribution is -2.24. The van der Waals surface area contributed by atoms with Crippen molar-refractivity contribution in [1.82, 2.24) is 9.97 Å². The second-order valence-corrected chi connectivity index (χ2v) is 6.52. The van der Waals surface area contributed by atoms with Crippen LogP contribution in [-0.4, -0.2) is 23.6 Å². The van der Waals surface area contributed by atoms with Crippen molar-refractivity contribution in [1.29, 1.82) is 0 Å². The zero-order valence-corrected chi connectivity index (χ0v) is 16.4. The van der Waals surface area contributed by atoms with Crippen LogP contribution in [0, 0.1) is 13.8 Å². The van der Waals surface area contributed by atoms with E-state index < -0.39 is 0 Å². The van der Waals surface area contributed by atoms with E-state index in [0.29, 0.717) is 0 Å². The molecule has 0 unspecified atom stereocenters. The number of methoxy groups -OCH3 is 1. The molecule has 0 saturated carbocycles. The number of aromatic nitrogens is 2. The Morgan fingerprint density at radius 3 is 2.48 bits per heavy atom. The van der Waals surface area contributed by atoms with Crippen LogP contribution in [0.1, 0.15) is 23.7 Å². The van der Waals surface area contributed by atoms with Crippen molar-refractivity contribution in [2.45, 2.75) is 27.3 Å². The van der Waals surface area contributed by atoms with Gasteiger partial charge < -0.3 is 15.0 Å². The number of hydrogen-bond donors (Lipinski definition) is 1. The highest BCUT2D eigenvalue weighted by Crippen LogP contribution is 2.28. The van der Waals surface area contributed by atoms with Crippen LogP contribution < -0.4 is 15.0 Å². The predicted octanol–water partition coefficient (Wildman–Crippen LogP) is 4.87. The molecular weight excluding hydrogens is 336 g/mol. The number of hydrogen-bond acceptors (Lipinski definition) is 5. The summed E-state index contributed by atoms with van der Waals surface area (Å²) in [6.07, 6.45) is 0. The Morgan fingerprint density at radius 2 is 1.78 bits per heavy atom. The van der Waals surface area contributed by atoms with Crippen molar-refractivity contribution in [3.63, 3.8) is 0 Å². The third-order valence-electron chi connectivity index (χ3n) is 4.34. The normalized spacial score (nSPS) is 10.5. The number of nitrogens with zero attached hydrogens (tertiary/aromatic N) is 3. The molecule has 1 aromatic heterocycles. The fourth-order valence-electron chi connectivity index (χ4n) is 2.94. The lowest BCUT2D eigenvalue weighted by atomic mass is 10.2. The highest BCUT2D eigenvalue weighted by molar-refractivity contribution is 5.66. The first-order valence-corrected chi connectivity index (χ1v) is 9.15. The molecule has 0 atom stereocenters. The average Bonchev–Trinajstić information content (AvgIpc) is 2.66. The third-order valence-corrected chi connectivity index (χ3v) is 4.34. The zero-order chi connectivity index (χ0) is 19.2. The molecule has 0 amide bonds. The van der Waals surface area contributed by atoms with Gasteiger partial charge >= 0.3 is 0 Å². The van der Waals surface area contributed by atoms with Crippen LogP contribution in [0.25, 0.3) is 0 Å². The molecule has 1 N–H and O–H groups in total. The summed E-state index contributed by atoms with van der Waals surface area (Å²) in [6.45, 7) is 7.75. The van der Waals surface area contributed by atoms with E-state index in [9.17, 15) is 0 Å². The summed E-state index contributed by atoms with van der Waals surface area (Å²) < 4.78 is 5.46. The maximum absolute atomic E-state index is 5.46. The minimum absolute atomic E-state index is 0.718. The van der Waals surface area contributed by atoms with Crippen LogP contribution in [-0.2, 0) is 6.54 Å². The molecular formula is C22H26N4O. The Labute approximate surface area is 161 Å². The molecule has 2 aromatic carbocycles. The quantitative estimate of drug-likeness (QED) is 0.650. The number of rotatable bonds is 7. The van der Waals surface area contributed by atoms with Crippen LogP contribution >= 0.6 is 0 Å². The molecule has 27 heavy (non-hydrogen) atoms. The van der Waals surface area contributed by atoms with E-state index in [0.717, 1.165) is 47.5 Å². The molecule has 5 heteroatoms. The smallest absolute Gasteiger partial charge is 0.227 e. The number of aryl methyl sites for hydroxylation is 2. The summed E-state index contributed by atoms with van der Waals surface area (Å²) >= 11 is 0. The van der Waals surface area contributed by atoms with Gasteiger partial charge in [0.2, 0.25) is 5.95 Å². The molecule has 3 rings (SSSR count). The minimum atomic E-state index is 0.718. The summed E-state index contributed by atoms with van der Waals surface area (Å²) in [4.78, 5) is 11.6. The SMILES string of the molecule is CCN(Cc1ccccc1)c1nc(C)cc(Nc2cc(C)ccc2OC)n1. The van der Waals surface area contributed by atoms with Crippen molar-refractivity contribution in [2.24, 2.45) is 0 Å². The molecule has 0 radical (unpaired) electrons. The fraction of sp³-hybridized carbons (Fsp3) is 0.273. The Balaban J connectivity index is 1.88. The van der Waals surface area contributed by atoms with E-state index in [4.69, 9.17) is 9.72 Å². The maximum Gasteiger partial charge on any atom is 0.227 e. The first kappa shape index (κ1) is 18.7. The molecule has 0 bridgehead atoms. The largest absolute Gasteiger partial charge is 0.495 e. The summed E-state index contributed by atoms with van der Waals surface area (Å²) in [7, 11) is 1.67. The fourth-order valence-corrected chi connectivity index (χ4v) is 2.94. The Kier molecular flexibility index (Phi) is 5.91. The second-order valence-electron chi connectivity index (χ2n) is 6.52. The molecule has 0 fully saturated rings. The highest BCUT2D eigenvalue weighted by Gasteiger charge is 2.12. The molecule has 0 aliphatic rings. The summed E-state index contributed by atoms with van der Waals surface area (Å²) in [5, 5.41) is 3.39. The van der Waals surface area contributed by atoms with Crippen LogP contribution in [0.2, 0.25) is 0 Å². The molecule has 3 aromatic rings. The second kappa shape index (κ2) is 8.54. The van der Waals surface area contributed by atoms with Crippen LogP contribution in [0.3, 0.4) is 0 Å². The van der Waals surface area contributed by atoms with Gasteiger partial charge in [0.15, 0.2) is 0 Å². The van der Waals surface area contributed by atoms with Crippen LogP contribution in [0.15, 0.2) is 54.6 Å². The Morgan fingerprint density at radius 1 is 1.00 bits per heavy atom. The third kappa shape index (κ3) is 4.76. The topological polar surface area (TPSA) is 50.3 Å². The van der Waals surface area contributed by atoms with Gasteiger partial charge in [0.05, 0.1) is 12.8 Å². The van der Waals surface area contributed by atoms with Gasteiger partial charge in [0.25, 0.3) is 0 Å². The summed E-state index contributed by atoms with van der Waals surface area (Å²) in [6, 6.07) is 18.4. The van der Waals surface area contributed by atoms with E-state index in [2.05, 4.69) is 59.4 Å². The molecule has 0 saturated heterocycles. The van der Waals surface area contributed by atoms with Gasteiger partial charge in [0.1, 0.15) is 11.6 Å². The van der Waals surface area contributed by atoms with Crippen LogP contribution in [0.4, 0.5) is 17.5 Å². The Bertz CT molecular complexity index is 896. The molecule has 0 spiro atoms. The Hall–Kier alpha value is -3.08. The number of benzene rings is 2. The average molecular weight is 362 g/mol. The van der Waals surface area contributed by atoms with Crippen molar-refractivity contribution in [3.05, 3.63) is 71.4 Å². The molecule has 0 aliphatic heterocycles.